The number of pyridine rings is 1. The first kappa shape index (κ1) is 15.7. The normalized spacial score (nSPS) is 10.4. The van der Waals surface area contributed by atoms with Crippen molar-refractivity contribution in [2.45, 2.75) is 6.54 Å². The van der Waals surface area contributed by atoms with Gasteiger partial charge in [-0.05, 0) is 30.3 Å². The van der Waals surface area contributed by atoms with Crippen molar-refractivity contribution in [3.8, 4) is 0 Å². The Kier molecular flexibility index (Phi) is 4.51. The lowest BCUT2D eigenvalue weighted by atomic mass is 10.2. The zero-order chi connectivity index (χ0) is 16.9. The lowest BCUT2D eigenvalue weighted by molar-refractivity contribution is 0.0947. The average Bonchev–Trinajstić information content (AvgIpc) is 3.09. The molecule has 0 fully saturated rings. The minimum Gasteiger partial charge on any atom is -0.467 e. The standard InChI is InChI=1S/C17H13F2N3O2/c18-12-3-4-16(15(19)7-12)22-13-6-11(8-20-9-13)17(23)21-10-14-2-1-5-24-14/h1-9,22H,10H2,(H,21,23). The summed E-state index contributed by atoms with van der Waals surface area (Å²) in [6, 6.07) is 8.18. The van der Waals surface area contributed by atoms with Crippen LogP contribution in [-0.4, -0.2) is 10.9 Å². The number of nitrogens with one attached hydrogen (secondary N) is 2. The van der Waals surface area contributed by atoms with Crippen LogP contribution in [0.15, 0.2) is 59.5 Å². The van der Waals surface area contributed by atoms with E-state index in [-0.39, 0.29) is 18.1 Å². The fraction of sp³-hybridized carbons (Fsp3) is 0.0588. The minimum atomic E-state index is -0.734. The topological polar surface area (TPSA) is 67.2 Å². The van der Waals surface area contributed by atoms with Gasteiger partial charge in [0.15, 0.2) is 0 Å². The van der Waals surface area contributed by atoms with Gasteiger partial charge in [0.05, 0.1) is 35.9 Å². The molecule has 1 amide bonds. The summed E-state index contributed by atoms with van der Waals surface area (Å²) in [4.78, 5) is 16.1. The maximum Gasteiger partial charge on any atom is 0.253 e. The fourth-order valence-corrected chi connectivity index (χ4v) is 2.06. The van der Waals surface area contributed by atoms with Crippen LogP contribution in [0.4, 0.5) is 20.2 Å². The number of carbonyl (C=O) groups is 1. The zero-order valence-electron chi connectivity index (χ0n) is 12.4. The van der Waals surface area contributed by atoms with Crippen LogP contribution >= 0.6 is 0 Å². The Hall–Kier alpha value is -3.22. The molecule has 24 heavy (non-hydrogen) atoms. The van der Waals surface area contributed by atoms with E-state index in [2.05, 4.69) is 15.6 Å². The molecule has 1 aromatic carbocycles. The summed E-state index contributed by atoms with van der Waals surface area (Å²) in [6.07, 6.45) is 4.35. The van der Waals surface area contributed by atoms with Crippen LogP contribution in [-0.2, 0) is 6.54 Å². The van der Waals surface area contributed by atoms with Crippen molar-refractivity contribution in [2.75, 3.05) is 5.32 Å². The summed E-state index contributed by atoms with van der Waals surface area (Å²) < 4.78 is 31.7. The predicted octanol–water partition coefficient (Wildman–Crippen LogP) is 3.63. The van der Waals surface area contributed by atoms with Crippen molar-refractivity contribution in [3.63, 3.8) is 0 Å². The molecule has 0 saturated carbocycles. The second-order valence-corrected chi connectivity index (χ2v) is 4.97. The highest BCUT2D eigenvalue weighted by Crippen LogP contribution is 2.20. The predicted molar refractivity (Wildman–Crippen MR) is 83.8 cm³/mol. The van der Waals surface area contributed by atoms with Crippen LogP contribution in [0.3, 0.4) is 0 Å². The molecule has 122 valence electrons. The molecule has 0 aliphatic rings. The highest BCUT2D eigenvalue weighted by Gasteiger charge is 2.09. The van der Waals surface area contributed by atoms with Crippen molar-refractivity contribution in [1.29, 1.82) is 0 Å². The number of nitrogens with zero attached hydrogens (tertiary/aromatic N) is 1. The van der Waals surface area contributed by atoms with E-state index in [9.17, 15) is 13.6 Å². The SMILES string of the molecule is O=C(NCc1ccco1)c1cncc(Nc2ccc(F)cc2F)c1. The molecule has 2 heterocycles. The highest BCUT2D eigenvalue weighted by atomic mass is 19.1. The van der Waals surface area contributed by atoms with Gasteiger partial charge < -0.3 is 15.1 Å². The summed E-state index contributed by atoms with van der Waals surface area (Å²) in [5.74, 6) is -1.12. The van der Waals surface area contributed by atoms with Crippen molar-refractivity contribution in [2.24, 2.45) is 0 Å². The molecular weight excluding hydrogens is 316 g/mol. The number of benzene rings is 1. The molecule has 0 atom stereocenters. The smallest absolute Gasteiger partial charge is 0.253 e. The van der Waals surface area contributed by atoms with Crippen LogP contribution < -0.4 is 10.6 Å². The molecule has 5 nitrogen and oxygen atoms in total. The van der Waals surface area contributed by atoms with Crippen molar-refractivity contribution >= 4 is 17.3 Å². The number of furan rings is 1. The molecule has 3 rings (SSSR count). The molecule has 3 aromatic rings. The Morgan fingerprint density at radius 1 is 1.17 bits per heavy atom. The van der Waals surface area contributed by atoms with Gasteiger partial charge in [-0.1, -0.05) is 0 Å². The summed E-state index contributed by atoms with van der Waals surface area (Å²) in [5.41, 5.74) is 0.798. The highest BCUT2D eigenvalue weighted by molar-refractivity contribution is 5.94. The average molecular weight is 329 g/mol. The molecule has 0 spiro atoms. The fourth-order valence-electron chi connectivity index (χ4n) is 2.06. The summed E-state index contributed by atoms with van der Waals surface area (Å²) >= 11 is 0. The lowest BCUT2D eigenvalue weighted by Crippen LogP contribution is -2.22. The summed E-state index contributed by atoms with van der Waals surface area (Å²) in [7, 11) is 0. The Labute approximate surface area is 136 Å². The number of hydrogen-bond donors (Lipinski definition) is 2. The van der Waals surface area contributed by atoms with E-state index in [1.165, 1.54) is 30.8 Å². The van der Waals surface area contributed by atoms with Gasteiger partial charge in [0, 0.05) is 12.3 Å². The molecule has 0 aliphatic carbocycles. The first-order valence-electron chi connectivity index (χ1n) is 7.09. The van der Waals surface area contributed by atoms with E-state index < -0.39 is 11.6 Å². The molecule has 7 heteroatoms. The van der Waals surface area contributed by atoms with E-state index in [1.807, 2.05) is 0 Å². The second-order valence-electron chi connectivity index (χ2n) is 4.97. The Bertz CT molecular complexity index is 851. The minimum absolute atomic E-state index is 0.0892. The third-order valence-corrected chi connectivity index (χ3v) is 3.21. The van der Waals surface area contributed by atoms with Gasteiger partial charge in [-0.15, -0.1) is 0 Å². The van der Waals surface area contributed by atoms with Crippen molar-refractivity contribution in [1.82, 2.24) is 10.3 Å². The number of aromatic nitrogens is 1. The Morgan fingerprint density at radius 2 is 2.04 bits per heavy atom. The van der Waals surface area contributed by atoms with Gasteiger partial charge in [-0.2, -0.15) is 0 Å². The quantitative estimate of drug-likeness (QED) is 0.750. The summed E-state index contributed by atoms with van der Waals surface area (Å²) in [6.45, 7) is 0.246. The second kappa shape index (κ2) is 6.91. The number of hydrogen-bond acceptors (Lipinski definition) is 4. The Morgan fingerprint density at radius 3 is 2.79 bits per heavy atom. The molecular formula is C17H13F2N3O2. The number of halogens is 2. The molecule has 0 saturated heterocycles. The van der Waals surface area contributed by atoms with Gasteiger partial charge in [0.25, 0.3) is 5.91 Å². The maximum atomic E-state index is 13.7. The molecule has 0 bridgehead atoms. The van der Waals surface area contributed by atoms with Gasteiger partial charge >= 0.3 is 0 Å². The number of anilines is 2. The van der Waals surface area contributed by atoms with Gasteiger partial charge in [-0.3, -0.25) is 9.78 Å². The summed E-state index contributed by atoms with van der Waals surface area (Å²) in [5, 5.41) is 5.45. The number of amides is 1. The number of carbonyl (C=O) groups excluding carboxylic acids is 1. The molecule has 0 unspecified atom stereocenters. The van der Waals surface area contributed by atoms with Crippen molar-refractivity contribution in [3.05, 3.63) is 78.0 Å². The van der Waals surface area contributed by atoms with Crippen LogP contribution in [0.2, 0.25) is 0 Å². The van der Waals surface area contributed by atoms with Crippen LogP contribution in [0.1, 0.15) is 16.1 Å². The first-order chi connectivity index (χ1) is 11.6. The van der Waals surface area contributed by atoms with E-state index >= 15 is 0 Å². The molecule has 0 radical (unpaired) electrons. The zero-order valence-corrected chi connectivity index (χ0v) is 12.4. The van der Waals surface area contributed by atoms with Crippen LogP contribution in [0.5, 0.6) is 0 Å². The van der Waals surface area contributed by atoms with E-state index in [1.54, 1.807) is 12.1 Å². The lowest BCUT2D eigenvalue weighted by Gasteiger charge is -2.09. The maximum absolute atomic E-state index is 13.7. The molecule has 2 N–H and O–H groups in total. The molecule has 0 aliphatic heterocycles. The molecule has 2 aromatic heterocycles. The van der Waals surface area contributed by atoms with Gasteiger partial charge in [0.2, 0.25) is 0 Å². The van der Waals surface area contributed by atoms with Crippen molar-refractivity contribution < 1.29 is 18.0 Å². The Balaban J connectivity index is 1.70. The number of rotatable bonds is 5. The van der Waals surface area contributed by atoms with Crippen LogP contribution in [0, 0.1) is 11.6 Å². The van der Waals surface area contributed by atoms with Gasteiger partial charge in [-0.25, -0.2) is 8.78 Å². The van der Waals surface area contributed by atoms with Gasteiger partial charge in [0.1, 0.15) is 17.4 Å². The van der Waals surface area contributed by atoms with E-state index in [4.69, 9.17) is 4.42 Å². The third kappa shape index (κ3) is 3.75. The monoisotopic (exact) mass is 329 g/mol. The first-order valence-corrected chi connectivity index (χ1v) is 7.09. The van der Waals surface area contributed by atoms with E-state index in [0.717, 1.165) is 12.1 Å². The largest absolute Gasteiger partial charge is 0.467 e. The third-order valence-electron chi connectivity index (χ3n) is 3.21. The van der Waals surface area contributed by atoms with Crippen LogP contribution in [0.25, 0.3) is 0 Å². The van der Waals surface area contributed by atoms with E-state index in [0.29, 0.717) is 17.0 Å².